The predicted octanol–water partition coefficient (Wildman–Crippen LogP) is 2.92. The summed E-state index contributed by atoms with van der Waals surface area (Å²) in [7, 11) is 3.73. The summed E-state index contributed by atoms with van der Waals surface area (Å²) >= 11 is 0. The monoisotopic (exact) mass is 435 g/mol. The van der Waals surface area contributed by atoms with Crippen molar-refractivity contribution >= 4 is 11.8 Å². The van der Waals surface area contributed by atoms with Gasteiger partial charge in [-0.25, -0.2) is 0 Å². The van der Waals surface area contributed by atoms with Crippen molar-refractivity contribution in [3.05, 3.63) is 70.8 Å². The van der Waals surface area contributed by atoms with Crippen LogP contribution in [0.4, 0.5) is 0 Å². The Morgan fingerprint density at radius 1 is 1.06 bits per heavy atom. The third-order valence-corrected chi connectivity index (χ3v) is 7.06. The van der Waals surface area contributed by atoms with E-state index >= 15 is 0 Å². The van der Waals surface area contributed by atoms with E-state index in [1.165, 1.54) is 5.56 Å². The summed E-state index contributed by atoms with van der Waals surface area (Å²) in [5.41, 5.74) is 3.45. The maximum absolute atomic E-state index is 14.1. The van der Waals surface area contributed by atoms with Crippen LogP contribution in [0.3, 0.4) is 0 Å². The molecule has 2 amide bonds. The first-order valence-corrected chi connectivity index (χ1v) is 11.4. The summed E-state index contributed by atoms with van der Waals surface area (Å²) in [4.78, 5) is 30.5. The lowest BCUT2D eigenvalue weighted by Gasteiger charge is -2.45. The molecule has 0 aliphatic carbocycles. The van der Waals surface area contributed by atoms with Gasteiger partial charge in [0.15, 0.2) is 0 Å². The number of piperazine rings is 1. The van der Waals surface area contributed by atoms with E-state index in [0.717, 1.165) is 17.7 Å². The van der Waals surface area contributed by atoms with Crippen LogP contribution in [0.1, 0.15) is 45.9 Å². The number of benzene rings is 2. The molecule has 6 nitrogen and oxygen atoms in total. The number of carbonyl (C=O) groups is 2. The Hall–Kier alpha value is -2.70. The molecule has 2 fully saturated rings. The smallest absolute Gasteiger partial charge is 0.251 e. The highest BCUT2D eigenvalue weighted by Crippen LogP contribution is 2.38. The van der Waals surface area contributed by atoms with Crippen LogP contribution in [0.25, 0.3) is 0 Å². The summed E-state index contributed by atoms with van der Waals surface area (Å²) in [6, 6.07) is 16.2. The second kappa shape index (κ2) is 9.43. The van der Waals surface area contributed by atoms with Crippen molar-refractivity contribution in [2.75, 3.05) is 46.9 Å². The zero-order chi connectivity index (χ0) is 22.7. The van der Waals surface area contributed by atoms with Crippen LogP contribution < -0.4 is 5.32 Å². The molecule has 0 spiro atoms. The second-order valence-corrected chi connectivity index (χ2v) is 9.01. The van der Waals surface area contributed by atoms with Gasteiger partial charge in [-0.1, -0.05) is 42.0 Å². The molecule has 2 heterocycles. The molecule has 1 atom stereocenters. The van der Waals surface area contributed by atoms with Gasteiger partial charge in [0, 0.05) is 45.5 Å². The van der Waals surface area contributed by atoms with Crippen LogP contribution in [-0.2, 0) is 14.9 Å². The van der Waals surface area contributed by atoms with Gasteiger partial charge in [-0.2, -0.15) is 0 Å². The molecule has 1 N–H and O–H groups in total. The topological polar surface area (TPSA) is 61.9 Å². The zero-order valence-corrected chi connectivity index (χ0v) is 19.3. The van der Waals surface area contributed by atoms with Crippen molar-refractivity contribution in [3.8, 4) is 0 Å². The number of nitrogens with zero attached hydrogens (tertiary/aromatic N) is 2. The van der Waals surface area contributed by atoms with E-state index in [-0.39, 0.29) is 17.9 Å². The highest BCUT2D eigenvalue weighted by molar-refractivity contribution is 5.94. The zero-order valence-electron chi connectivity index (χ0n) is 19.3. The lowest BCUT2D eigenvalue weighted by Crippen LogP contribution is -2.56. The number of rotatable bonds is 4. The number of hydrogen-bond donors (Lipinski definition) is 1. The fourth-order valence-electron chi connectivity index (χ4n) is 4.97. The van der Waals surface area contributed by atoms with E-state index in [9.17, 15) is 9.59 Å². The summed E-state index contributed by atoms with van der Waals surface area (Å²) < 4.78 is 5.64. The number of aryl methyl sites for hydroxylation is 1. The molecule has 2 aliphatic heterocycles. The molecule has 32 heavy (non-hydrogen) atoms. The normalized spacial score (nSPS) is 21.2. The number of amides is 2. The fraction of sp³-hybridized carbons (Fsp3) is 0.462. The molecule has 2 aliphatic rings. The Bertz CT molecular complexity index is 967. The van der Waals surface area contributed by atoms with Crippen molar-refractivity contribution < 1.29 is 14.3 Å². The Morgan fingerprint density at radius 2 is 1.78 bits per heavy atom. The number of likely N-dealkylation sites (N-methyl/N-ethyl adjacent to an activating group) is 1. The van der Waals surface area contributed by atoms with Crippen LogP contribution in [0.15, 0.2) is 48.5 Å². The third kappa shape index (κ3) is 4.30. The van der Waals surface area contributed by atoms with Gasteiger partial charge in [0.2, 0.25) is 5.91 Å². The third-order valence-electron chi connectivity index (χ3n) is 7.06. The molecule has 4 rings (SSSR count). The molecule has 6 heteroatoms. The summed E-state index contributed by atoms with van der Waals surface area (Å²) in [5, 5.41) is 2.69. The molecule has 2 aromatic rings. The van der Waals surface area contributed by atoms with E-state index in [1.807, 2.05) is 29.2 Å². The fourth-order valence-corrected chi connectivity index (χ4v) is 4.97. The summed E-state index contributed by atoms with van der Waals surface area (Å²) in [5.74, 6) is 0.101. The Kier molecular flexibility index (Phi) is 6.63. The van der Waals surface area contributed by atoms with E-state index < -0.39 is 5.41 Å². The molecule has 0 aromatic heterocycles. The van der Waals surface area contributed by atoms with Crippen molar-refractivity contribution in [2.45, 2.75) is 31.2 Å². The van der Waals surface area contributed by atoms with Gasteiger partial charge in [0.25, 0.3) is 5.91 Å². The SMILES string of the molecule is CNC(=O)c1cccc(C2CN(C(=O)C3(c4ccc(C)cc4)CCOCC3)CCN2C)c1. The number of nitrogens with one attached hydrogen (secondary N) is 1. The minimum absolute atomic E-state index is 0.0483. The Balaban J connectivity index is 1.62. The molecule has 0 radical (unpaired) electrons. The average Bonchev–Trinajstić information content (AvgIpc) is 2.84. The highest BCUT2D eigenvalue weighted by Gasteiger charge is 2.45. The summed E-state index contributed by atoms with van der Waals surface area (Å²) in [6.07, 6.45) is 1.41. The molecule has 0 bridgehead atoms. The highest BCUT2D eigenvalue weighted by atomic mass is 16.5. The first-order chi connectivity index (χ1) is 15.4. The minimum Gasteiger partial charge on any atom is -0.381 e. The Morgan fingerprint density at radius 3 is 2.47 bits per heavy atom. The first-order valence-electron chi connectivity index (χ1n) is 11.4. The quantitative estimate of drug-likeness (QED) is 0.802. The van der Waals surface area contributed by atoms with Gasteiger partial charge in [0.05, 0.1) is 11.5 Å². The van der Waals surface area contributed by atoms with Gasteiger partial charge in [-0.15, -0.1) is 0 Å². The number of ether oxygens (including phenoxy) is 1. The lowest BCUT2D eigenvalue weighted by molar-refractivity contribution is -0.144. The van der Waals surface area contributed by atoms with Crippen molar-refractivity contribution in [1.82, 2.24) is 15.1 Å². The molecular formula is C26H33N3O3. The van der Waals surface area contributed by atoms with Crippen LogP contribution in [0, 0.1) is 6.92 Å². The van der Waals surface area contributed by atoms with E-state index in [4.69, 9.17) is 4.74 Å². The van der Waals surface area contributed by atoms with Gasteiger partial charge >= 0.3 is 0 Å². The van der Waals surface area contributed by atoms with Crippen molar-refractivity contribution in [1.29, 1.82) is 0 Å². The molecule has 2 saturated heterocycles. The Labute approximate surface area is 190 Å². The molecule has 0 saturated carbocycles. The number of carbonyl (C=O) groups excluding carboxylic acids is 2. The standard InChI is InChI=1S/C26H33N3O3/c1-19-7-9-22(10-8-19)26(11-15-32-16-12-26)25(31)29-14-13-28(3)23(18-29)20-5-4-6-21(17-20)24(30)27-2/h4-10,17,23H,11-16,18H2,1-3H3,(H,27,30). The van der Waals surface area contributed by atoms with Gasteiger partial charge < -0.3 is 15.0 Å². The van der Waals surface area contributed by atoms with Gasteiger partial charge in [-0.05, 0) is 50.1 Å². The van der Waals surface area contributed by atoms with E-state index in [0.29, 0.717) is 44.7 Å². The van der Waals surface area contributed by atoms with Gasteiger partial charge in [0.1, 0.15) is 0 Å². The second-order valence-electron chi connectivity index (χ2n) is 9.01. The minimum atomic E-state index is -0.531. The van der Waals surface area contributed by atoms with Crippen LogP contribution in [0.5, 0.6) is 0 Å². The van der Waals surface area contributed by atoms with Crippen LogP contribution in [-0.4, -0.2) is 68.6 Å². The largest absolute Gasteiger partial charge is 0.381 e. The molecule has 170 valence electrons. The maximum Gasteiger partial charge on any atom is 0.251 e. The lowest BCUT2D eigenvalue weighted by atomic mass is 9.72. The van der Waals surface area contributed by atoms with Gasteiger partial charge in [-0.3, -0.25) is 14.5 Å². The number of hydrogen-bond acceptors (Lipinski definition) is 4. The van der Waals surface area contributed by atoms with E-state index in [2.05, 4.69) is 48.5 Å². The van der Waals surface area contributed by atoms with Crippen molar-refractivity contribution in [3.63, 3.8) is 0 Å². The first kappa shape index (κ1) is 22.5. The maximum atomic E-state index is 14.1. The van der Waals surface area contributed by atoms with Crippen molar-refractivity contribution in [2.24, 2.45) is 0 Å². The average molecular weight is 436 g/mol. The van der Waals surface area contributed by atoms with Crippen LogP contribution >= 0.6 is 0 Å². The predicted molar refractivity (Wildman–Crippen MR) is 125 cm³/mol. The molecular weight excluding hydrogens is 402 g/mol. The summed E-state index contributed by atoms with van der Waals surface area (Å²) in [6.45, 7) is 5.38. The molecule has 1 unspecified atom stereocenters. The molecule has 2 aromatic carbocycles. The van der Waals surface area contributed by atoms with E-state index in [1.54, 1.807) is 7.05 Å². The van der Waals surface area contributed by atoms with Crippen LogP contribution in [0.2, 0.25) is 0 Å².